The Bertz CT molecular complexity index is 1310. The van der Waals surface area contributed by atoms with Crippen LogP contribution in [0.25, 0.3) is 11.1 Å². The van der Waals surface area contributed by atoms with Gasteiger partial charge in [0.25, 0.3) is 0 Å². The summed E-state index contributed by atoms with van der Waals surface area (Å²) in [4.78, 5) is 11.3. The van der Waals surface area contributed by atoms with Gasteiger partial charge in [-0.15, -0.1) is 0 Å². The number of hydrogen-bond donors (Lipinski definition) is 1. The zero-order chi connectivity index (χ0) is 31.2. The Labute approximate surface area is 243 Å². The zero-order valence-corrected chi connectivity index (χ0v) is 24.3. The summed E-state index contributed by atoms with van der Waals surface area (Å²) in [6.07, 6.45) is -5.52. The van der Waals surface area contributed by atoms with Crippen molar-refractivity contribution in [1.82, 2.24) is 0 Å². The van der Waals surface area contributed by atoms with E-state index < -0.39 is 29.4 Å². The Morgan fingerprint density at radius 2 is 1.24 bits per heavy atom. The minimum atomic E-state index is -4.44. The van der Waals surface area contributed by atoms with Crippen LogP contribution in [0.15, 0.2) is 66.7 Å². The summed E-state index contributed by atoms with van der Waals surface area (Å²) in [5, 5.41) is 9.25. The smallest absolute Gasteiger partial charge is 0.416 e. The topological polar surface area (TPSA) is 37.3 Å². The molecule has 0 aromatic heterocycles. The van der Waals surface area contributed by atoms with Crippen molar-refractivity contribution in [3.05, 3.63) is 94.5 Å². The lowest BCUT2D eigenvalue weighted by atomic mass is 9.81. The maximum Gasteiger partial charge on any atom is 0.416 e. The third-order valence-electron chi connectivity index (χ3n) is 8.21. The molecule has 3 aromatic carbocycles. The fourth-order valence-electron chi connectivity index (χ4n) is 5.49. The molecule has 0 saturated heterocycles. The predicted molar refractivity (Wildman–Crippen MR) is 153 cm³/mol. The quantitative estimate of drug-likeness (QED) is 0.213. The number of aliphatic carboxylic acids is 1. The van der Waals surface area contributed by atoms with Gasteiger partial charge >= 0.3 is 18.3 Å². The molecular weight excluding hydrogens is 554 g/mol. The standard InChI is InChI=1S/C34H38F6O2/c1-21(5-6-22(2)23(3)18-25-7-12-28(13-8-25)33(35,36)37)17-24(4)30-16-9-26(20-32(41)42)19-31(30)27-10-14-29(15-11-27)34(38,39)40/h7-16,19,21-24H,5-6,17-18,20H2,1-4H3,(H,41,42). The second-order valence-corrected chi connectivity index (χ2v) is 11.7. The fraction of sp³-hybridized carbons (Fsp3) is 0.441. The van der Waals surface area contributed by atoms with Gasteiger partial charge < -0.3 is 5.11 Å². The normalized spacial score (nSPS) is 15.2. The number of halogens is 6. The number of carbonyl (C=O) groups is 1. The molecule has 0 bridgehead atoms. The largest absolute Gasteiger partial charge is 0.481 e. The van der Waals surface area contributed by atoms with Crippen molar-refractivity contribution in [2.75, 3.05) is 0 Å². The Kier molecular flexibility index (Phi) is 10.9. The molecule has 0 aliphatic heterocycles. The molecule has 3 aromatic rings. The van der Waals surface area contributed by atoms with E-state index in [4.69, 9.17) is 0 Å². The highest BCUT2D eigenvalue weighted by atomic mass is 19.4. The third kappa shape index (κ3) is 9.36. The molecule has 0 heterocycles. The summed E-state index contributed by atoms with van der Waals surface area (Å²) >= 11 is 0. The van der Waals surface area contributed by atoms with Crippen molar-refractivity contribution in [2.24, 2.45) is 17.8 Å². The lowest BCUT2D eigenvalue weighted by molar-refractivity contribution is -0.138. The van der Waals surface area contributed by atoms with E-state index in [1.54, 1.807) is 24.3 Å². The summed E-state index contributed by atoms with van der Waals surface area (Å²) in [7, 11) is 0. The molecule has 4 unspecified atom stereocenters. The molecule has 3 rings (SSSR count). The first-order chi connectivity index (χ1) is 19.5. The first kappa shape index (κ1) is 33.2. The van der Waals surface area contributed by atoms with Crippen molar-refractivity contribution < 1.29 is 36.2 Å². The molecule has 2 nitrogen and oxygen atoms in total. The van der Waals surface area contributed by atoms with E-state index >= 15 is 0 Å². The van der Waals surface area contributed by atoms with Crippen LogP contribution in [0.4, 0.5) is 26.3 Å². The SMILES string of the molecule is CC(CCC(C)C(C)Cc1ccc(C(F)(F)F)cc1)CC(C)c1ccc(CC(=O)O)cc1-c1ccc(C(F)(F)F)cc1. The van der Waals surface area contributed by atoms with Crippen LogP contribution in [-0.2, 0) is 30.0 Å². The summed E-state index contributed by atoms with van der Waals surface area (Å²) in [6.45, 7) is 8.52. The van der Waals surface area contributed by atoms with E-state index in [1.165, 1.54) is 12.1 Å². The number of carboxylic acids is 1. The highest BCUT2D eigenvalue weighted by Crippen LogP contribution is 2.37. The number of rotatable bonds is 12. The zero-order valence-electron chi connectivity index (χ0n) is 24.3. The fourth-order valence-corrected chi connectivity index (χ4v) is 5.49. The van der Waals surface area contributed by atoms with Crippen molar-refractivity contribution >= 4 is 5.97 Å². The summed E-state index contributed by atoms with van der Waals surface area (Å²) in [5.41, 5.74) is 2.38. The predicted octanol–water partition coefficient (Wildman–Crippen LogP) is 10.4. The molecule has 0 aliphatic carbocycles. The number of alkyl halides is 6. The molecule has 0 spiro atoms. The molecule has 1 N–H and O–H groups in total. The number of hydrogen-bond acceptors (Lipinski definition) is 1. The van der Waals surface area contributed by atoms with E-state index in [2.05, 4.69) is 27.7 Å². The average molecular weight is 593 g/mol. The lowest BCUT2D eigenvalue weighted by Crippen LogP contribution is -2.13. The average Bonchev–Trinajstić information content (AvgIpc) is 2.90. The minimum absolute atomic E-state index is 0.0797. The highest BCUT2D eigenvalue weighted by Gasteiger charge is 2.31. The molecule has 228 valence electrons. The molecule has 0 saturated carbocycles. The van der Waals surface area contributed by atoms with Crippen LogP contribution < -0.4 is 0 Å². The van der Waals surface area contributed by atoms with Gasteiger partial charge in [-0.1, -0.05) is 83.0 Å². The Morgan fingerprint density at radius 3 is 1.76 bits per heavy atom. The van der Waals surface area contributed by atoms with Crippen molar-refractivity contribution in [3.63, 3.8) is 0 Å². The molecule has 8 heteroatoms. The van der Waals surface area contributed by atoms with Crippen molar-refractivity contribution in [3.8, 4) is 11.1 Å². The molecule has 0 amide bonds. The second kappa shape index (κ2) is 13.8. The van der Waals surface area contributed by atoms with Crippen LogP contribution in [0.2, 0.25) is 0 Å². The Hall–Kier alpha value is -3.29. The minimum Gasteiger partial charge on any atom is -0.481 e. The molecule has 0 radical (unpaired) electrons. The van der Waals surface area contributed by atoms with Gasteiger partial charge in [0.05, 0.1) is 17.5 Å². The second-order valence-electron chi connectivity index (χ2n) is 11.7. The van der Waals surface area contributed by atoms with E-state index in [0.29, 0.717) is 35.3 Å². The summed E-state index contributed by atoms with van der Waals surface area (Å²) < 4.78 is 77.9. The molecule has 4 atom stereocenters. The van der Waals surface area contributed by atoms with E-state index in [1.807, 2.05) is 6.07 Å². The maximum absolute atomic E-state index is 13.1. The molecule has 0 aliphatic rings. The first-order valence-corrected chi connectivity index (χ1v) is 14.2. The van der Waals surface area contributed by atoms with Gasteiger partial charge in [-0.25, -0.2) is 0 Å². The van der Waals surface area contributed by atoms with Gasteiger partial charge in [0.2, 0.25) is 0 Å². The maximum atomic E-state index is 13.1. The third-order valence-corrected chi connectivity index (χ3v) is 8.21. The van der Waals surface area contributed by atoms with Gasteiger partial charge in [0, 0.05) is 0 Å². The van der Waals surface area contributed by atoms with Crippen LogP contribution in [0.1, 0.15) is 80.7 Å². The molecule has 0 fully saturated rings. The summed E-state index contributed by atoms with van der Waals surface area (Å²) in [5.74, 6) is 0.0999. The molecule has 42 heavy (non-hydrogen) atoms. The number of benzene rings is 3. The monoisotopic (exact) mass is 592 g/mol. The van der Waals surface area contributed by atoms with Crippen LogP contribution in [0.5, 0.6) is 0 Å². The van der Waals surface area contributed by atoms with Crippen LogP contribution in [0, 0.1) is 17.8 Å². The molecular formula is C34H38F6O2. The number of carboxylic acid groups (broad SMARTS) is 1. The van der Waals surface area contributed by atoms with Crippen molar-refractivity contribution in [1.29, 1.82) is 0 Å². The van der Waals surface area contributed by atoms with Gasteiger partial charge in [0.1, 0.15) is 0 Å². The van der Waals surface area contributed by atoms with Gasteiger partial charge in [-0.05, 0) is 88.6 Å². The summed E-state index contributed by atoms with van der Waals surface area (Å²) in [6, 6.07) is 15.7. The van der Waals surface area contributed by atoms with Crippen LogP contribution in [-0.4, -0.2) is 11.1 Å². The van der Waals surface area contributed by atoms with Gasteiger partial charge in [-0.3, -0.25) is 4.79 Å². The first-order valence-electron chi connectivity index (χ1n) is 14.2. The lowest BCUT2D eigenvalue weighted by Gasteiger charge is -2.24. The van der Waals surface area contributed by atoms with Crippen LogP contribution in [0.3, 0.4) is 0 Å². The Balaban J connectivity index is 1.66. The van der Waals surface area contributed by atoms with Gasteiger partial charge in [-0.2, -0.15) is 26.3 Å². The highest BCUT2D eigenvalue weighted by molar-refractivity contribution is 5.74. The van der Waals surface area contributed by atoms with Crippen LogP contribution >= 0.6 is 0 Å². The van der Waals surface area contributed by atoms with E-state index in [9.17, 15) is 36.2 Å². The Morgan fingerprint density at radius 1 is 0.714 bits per heavy atom. The van der Waals surface area contributed by atoms with E-state index in [0.717, 1.165) is 60.2 Å². The van der Waals surface area contributed by atoms with Gasteiger partial charge in [0.15, 0.2) is 0 Å². The van der Waals surface area contributed by atoms with Crippen molar-refractivity contribution in [2.45, 2.75) is 78.1 Å². The van der Waals surface area contributed by atoms with E-state index in [-0.39, 0.29) is 12.3 Å².